The van der Waals surface area contributed by atoms with Gasteiger partial charge in [-0.2, -0.15) is 0 Å². The summed E-state index contributed by atoms with van der Waals surface area (Å²) in [6.07, 6.45) is 3.30. The second kappa shape index (κ2) is 4.27. The summed E-state index contributed by atoms with van der Waals surface area (Å²) in [4.78, 5) is 0. The van der Waals surface area contributed by atoms with E-state index >= 15 is 0 Å². The number of hydrogen-bond acceptors (Lipinski definition) is 4. The van der Waals surface area contributed by atoms with E-state index in [9.17, 15) is 0 Å². The highest BCUT2D eigenvalue weighted by molar-refractivity contribution is 5.43. The van der Waals surface area contributed by atoms with E-state index < -0.39 is 0 Å². The van der Waals surface area contributed by atoms with Crippen LogP contribution in [0.5, 0.6) is 5.75 Å². The van der Waals surface area contributed by atoms with Crippen LogP contribution < -0.4 is 4.74 Å². The molecule has 1 N–H and O–H groups in total. The molecule has 0 atom stereocenters. The second-order valence-electron chi connectivity index (χ2n) is 3.24. The average Bonchev–Trinajstić information content (AvgIpc) is 2.68. The number of nitrogens with zero attached hydrogens (tertiary/aromatic N) is 3. The number of methoxy groups -OCH3 is 1. The fourth-order valence-electron chi connectivity index (χ4n) is 1.46. The van der Waals surface area contributed by atoms with Crippen LogP contribution in [0.1, 0.15) is 12.2 Å². The lowest BCUT2D eigenvalue weighted by Crippen LogP contribution is -1.97. The third kappa shape index (κ3) is 1.92. The standard InChI is InChI=1S/C10H13N3O2/c1-15-8-4-5-13-9(3-2-6-14)11-12-10(13)7-8/h4-5,7,14H,2-3,6H2,1H3. The summed E-state index contributed by atoms with van der Waals surface area (Å²) in [6.45, 7) is 0.172. The quantitative estimate of drug-likeness (QED) is 0.800. The van der Waals surface area contributed by atoms with E-state index in [-0.39, 0.29) is 6.61 Å². The van der Waals surface area contributed by atoms with Gasteiger partial charge in [0.25, 0.3) is 0 Å². The second-order valence-corrected chi connectivity index (χ2v) is 3.24. The van der Waals surface area contributed by atoms with Gasteiger partial charge in [-0.25, -0.2) is 0 Å². The Labute approximate surface area is 87.3 Å². The topological polar surface area (TPSA) is 59.7 Å². The van der Waals surface area contributed by atoms with Gasteiger partial charge < -0.3 is 9.84 Å². The number of ether oxygens (including phenoxy) is 1. The Balaban J connectivity index is 2.34. The molecule has 5 nitrogen and oxygen atoms in total. The van der Waals surface area contributed by atoms with Gasteiger partial charge in [0, 0.05) is 25.3 Å². The van der Waals surface area contributed by atoms with Gasteiger partial charge in [-0.1, -0.05) is 0 Å². The molecule has 2 aromatic rings. The molecule has 0 amide bonds. The molecular formula is C10H13N3O2. The Morgan fingerprint density at radius 1 is 1.47 bits per heavy atom. The number of aliphatic hydroxyl groups is 1. The highest BCUT2D eigenvalue weighted by Gasteiger charge is 2.05. The molecule has 0 unspecified atom stereocenters. The number of aryl methyl sites for hydroxylation is 1. The summed E-state index contributed by atoms with van der Waals surface area (Å²) in [5, 5.41) is 16.8. The lowest BCUT2D eigenvalue weighted by Gasteiger charge is -2.01. The van der Waals surface area contributed by atoms with Crippen LogP contribution in [0.2, 0.25) is 0 Å². The van der Waals surface area contributed by atoms with E-state index in [0.717, 1.165) is 23.6 Å². The Morgan fingerprint density at radius 2 is 2.33 bits per heavy atom. The number of rotatable bonds is 4. The maximum Gasteiger partial charge on any atom is 0.164 e. The summed E-state index contributed by atoms with van der Waals surface area (Å²) in [6, 6.07) is 3.69. The van der Waals surface area contributed by atoms with Gasteiger partial charge in [0.1, 0.15) is 11.6 Å². The highest BCUT2D eigenvalue weighted by Crippen LogP contribution is 2.13. The van der Waals surface area contributed by atoms with Gasteiger partial charge in [0.2, 0.25) is 0 Å². The van der Waals surface area contributed by atoms with Crippen LogP contribution >= 0.6 is 0 Å². The van der Waals surface area contributed by atoms with Gasteiger partial charge >= 0.3 is 0 Å². The van der Waals surface area contributed by atoms with Crippen molar-refractivity contribution in [2.24, 2.45) is 0 Å². The molecule has 2 heterocycles. The average molecular weight is 207 g/mol. The van der Waals surface area contributed by atoms with Gasteiger partial charge in [0.05, 0.1) is 7.11 Å². The van der Waals surface area contributed by atoms with Crippen molar-refractivity contribution < 1.29 is 9.84 Å². The smallest absolute Gasteiger partial charge is 0.164 e. The Morgan fingerprint density at radius 3 is 3.07 bits per heavy atom. The first-order valence-electron chi connectivity index (χ1n) is 4.83. The molecule has 0 aliphatic carbocycles. The normalized spacial score (nSPS) is 10.8. The number of pyridine rings is 1. The third-order valence-corrected chi connectivity index (χ3v) is 2.25. The molecule has 0 aliphatic heterocycles. The number of aromatic nitrogens is 3. The molecule has 0 bridgehead atoms. The molecule has 0 saturated carbocycles. The molecule has 15 heavy (non-hydrogen) atoms. The predicted molar refractivity (Wildman–Crippen MR) is 54.9 cm³/mol. The molecule has 80 valence electrons. The molecule has 5 heteroatoms. The zero-order valence-electron chi connectivity index (χ0n) is 8.55. The molecule has 0 radical (unpaired) electrons. The lowest BCUT2D eigenvalue weighted by atomic mass is 10.3. The largest absolute Gasteiger partial charge is 0.497 e. The van der Waals surface area contributed by atoms with Crippen LogP contribution in [0.3, 0.4) is 0 Å². The molecule has 2 rings (SSSR count). The molecule has 0 aromatic carbocycles. The van der Waals surface area contributed by atoms with Crippen LogP contribution in [0, 0.1) is 0 Å². The maximum atomic E-state index is 8.74. The minimum Gasteiger partial charge on any atom is -0.497 e. The highest BCUT2D eigenvalue weighted by atomic mass is 16.5. The first-order valence-corrected chi connectivity index (χ1v) is 4.83. The van der Waals surface area contributed by atoms with Gasteiger partial charge in [-0.15, -0.1) is 10.2 Å². The molecular weight excluding hydrogens is 194 g/mol. The van der Waals surface area contributed by atoms with E-state index in [1.165, 1.54) is 0 Å². The fourth-order valence-corrected chi connectivity index (χ4v) is 1.46. The molecule has 0 aliphatic rings. The van der Waals surface area contributed by atoms with Crippen LogP contribution in [-0.2, 0) is 6.42 Å². The summed E-state index contributed by atoms with van der Waals surface area (Å²) in [7, 11) is 1.62. The third-order valence-electron chi connectivity index (χ3n) is 2.25. The van der Waals surface area contributed by atoms with Gasteiger partial charge in [-0.3, -0.25) is 4.40 Å². The van der Waals surface area contributed by atoms with Crippen molar-refractivity contribution >= 4 is 5.65 Å². The van der Waals surface area contributed by atoms with Crippen molar-refractivity contribution in [1.82, 2.24) is 14.6 Å². The minimum atomic E-state index is 0.172. The van der Waals surface area contributed by atoms with E-state index in [1.54, 1.807) is 7.11 Å². The Bertz CT molecular complexity index is 453. The molecule has 0 spiro atoms. The van der Waals surface area contributed by atoms with Crippen molar-refractivity contribution in [3.63, 3.8) is 0 Å². The van der Waals surface area contributed by atoms with E-state index in [1.807, 2.05) is 22.7 Å². The SMILES string of the molecule is COc1ccn2c(CCCO)nnc2c1. The van der Waals surface area contributed by atoms with Gasteiger partial charge in [-0.05, 0) is 12.5 Å². The fraction of sp³-hybridized carbons (Fsp3) is 0.400. The van der Waals surface area contributed by atoms with Crippen LogP contribution in [0.15, 0.2) is 18.3 Å². The Kier molecular flexibility index (Phi) is 2.82. The summed E-state index contributed by atoms with van der Waals surface area (Å²) >= 11 is 0. The van der Waals surface area contributed by atoms with E-state index in [2.05, 4.69) is 10.2 Å². The molecule has 0 saturated heterocycles. The first kappa shape index (κ1) is 9.92. The molecule has 2 aromatic heterocycles. The minimum absolute atomic E-state index is 0.172. The predicted octanol–water partition coefficient (Wildman–Crippen LogP) is 0.663. The van der Waals surface area contributed by atoms with Crippen molar-refractivity contribution in [2.75, 3.05) is 13.7 Å². The van der Waals surface area contributed by atoms with Crippen molar-refractivity contribution in [3.8, 4) is 5.75 Å². The zero-order valence-corrected chi connectivity index (χ0v) is 8.55. The monoisotopic (exact) mass is 207 g/mol. The lowest BCUT2D eigenvalue weighted by molar-refractivity contribution is 0.287. The maximum absolute atomic E-state index is 8.74. The van der Waals surface area contributed by atoms with Crippen LogP contribution in [0.4, 0.5) is 0 Å². The zero-order chi connectivity index (χ0) is 10.7. The number of aliphatic hydroxyl groups excluding tert-OH is 1. The van der Waals surface area contributed by atoms with E-state index in [4.69, 9.17) is 9.84 Å². The van der Waals surface area contributed by atoms with Crippen molar-refractivity contribution in [1.29, 1.82) is 0 Å². The number of fused-ring (bicyclic) bond motifs is 1. The summed E-state index contributed by atoms with van der Waals surface area (Å²) in [5.74, 6) is 1.63. The summed E-state index contributed by atoms with van der Waals surface area (Å²) in [5.41, 5.74) is 0.766. The summed E-state index contributed by atoms with van der Waals surface area (Å²) < 4.78 is 6.99. The van der Waals surface area contributed by atoms with Crippen LogP contribution in [0.25, 0.3) is 5.65 Å². The van der Waals surface area contributed by atoms with E-state index in [0.29, 0.717) is 6.42 Å². The van der Waals surface area contributed by atoms with Gasteiger partial charge in [0.15, 0.2) is 5.65 Å². The Hall–Kier alpha value is -1.62. The van der Waals surface area contributed by atoms with Crippen LogP contribution in [-0.4, -0.2) is 33.4 Å². The number of hydrogen-bond donors (Lipinski definition) is 1. The van der Waals surface area contributed by atoms with Crippen molar-refractivity contribution in [2.45, 2.75) is 12.8 Å². The molecule has 0 fully saturated rings. The van der Waals surface area contributed by atoms with Crippen molar-refractivity contribution in [3.05, 3.63) is 24.2 Å². The first-order chi connectivity index (χ1) is 7.35.